The van der Waals surface area contributed by atoms with E-state index in [2.05, 4.69) is 20.6 Å². The Morgan fingerprint density at radius 1 is 1.43 bits per heavy atom. The molecule has 3 N–H and O–H groups in total. The summed E-state index contributed by atoms with van der Waals surface area (Å²) < 4.78 is 6.27. The molecule has 0 radical (unpaired) electrons. The van der Waals surface area contributed by atoms with E-state index in [1.807, 2.05) is 24.3 Å². The topological polar surface area (TPSA) is 79.0 Å². The van der Waals surface area contributed by atoms with Crippen molar-refractivity contribution in [2.24, 2.45) is 0 Å². The van der Waals surface area contributed by atoms with Gasteiger partial charge in [-0.05, 0) is 12.6 Å². The molecule has 1 aromatic carbocycles. The van der Waals surface area contributed by atoms with E-state index in [4.69, 9.17) is 4.74 Å². The van der Waals surface area contributed by atoms with Crippen LogP contribution in [0.15, 0.2) is 36.7 Å². The van der Waals surface area contributed by atoms with Crippen molar-refractivity contribution in [1.82, 2.24) is 20.6 Å². The molecule has 4 rings (SSSR count). The summed E-state index contributed by atoms with van der Waals surface area (Å²) in [5.74, 6) is 1.54. The van der Waals surface area contributed by atoms with E-state index in [0.717, 1.165) is 37.2 Å². The zero-order valence-corrected chi connectivity index (χ0v) is 12.8. The van der Waals surface area contributed by atoms with Gasteiger partial charge in [-0.25, -0.2) is 4.98 Å². The molecule has 1 aromatic heterocycles. The number of nitrogens with one attached hydrogen (secondary N) is 3. The molecule has 6 nitrogen and oxygen atoms in total. The maximum atomic E-state index is 12.4. The summed E-state index contributed by atoms with van der Waals surface area (Å²) in [5, 5.41) is 6.53. The van der Waals surface area contributed by atoms with Gasteiger partial charge in [0.1, 0.15) is 17.2 Å². The number of benzene rings is 1. The van der Waals surface area contributed by atoms with Crippen molar-refractivity contribution < 1.29 is 9.53 Å². The van der Waals surface area contributed by atoms with Gasteiger partial charge < -0.3 is 20.4 Å². The highest BCUT2D eigenvalue weighted by molar-refractivity contribution is 5.78. The molecule has 0 saturated carbocycles. The molecule has 2 aliphatic heterocycles. The normalized spacial score (nSPS) is 25.8. The number of nitrogens with zero attached hydrogens (tertiary/aromatic N) is 1. The summed E-state index contributed by atoms with van der Waals surface area (Å²) in [6.45, 7) is 1.78. The molecule has 1 spiro atoms. The van der Waals surface area contributed by atoms with E-state index >= 15 is 0 Å². The van der Waals surface area contributed by atoms with Crippen LogP contribution in [0.2, 0.25) is 0 Å². The van der Waals surface area contributed by atoms with Gasteiger partial charge >= 0.3 is 0 Å². The van der Waals surface area contributed by atoms with E-state index in [1.165, 1.54) is 0 Å². The van der Waals surface area contributed by atoms with Crippen molar-refractivity contribution in [1.29, 1.82) is 0 Å². The lowest BCUT2D eigenvalue weighted by molar-refractivity contribution is -0.121. The number of fused-ring (bicyclic) bond motifs is 1. The van der Waals surface area contributed by atoms with E-state index in [-0.39, 0.29) is 24.0 Å². The van der Waals surface area contributed by atoms with Crippen molar-refractivity contribution in [2.45, 2.75) is 30.9 Å². The summed E-state index contributed by atoms with van der Waals surface area (Å²) in [6.07, 6.45) is 5.40. The van der Waals surface area contributed by atoms with Crippen LogP contribution in [0.25, 0.3) is 0 Å². The smallest absolute Gasteiger partial charge is 0.228 e. The highest BCUT2D eigenvalue weighted by Crippen LogP contribution is 2.42. The minimum atomic E-state index is -0.211. The first-order chi connectivity index (χ1) is 11.2. The van der Waals surface area contributed by atoms with Gasteiger partial charge in [-0.1, -0.05) is 18.2 Å². The standard InChI is InChI=1S/C17H20N4O2/c22-16(9-15-19-7-8-20-15)21-13-10-17(5-6-18-11-17)23-14-4-2-1-3-12(13)14/h1-4,7-8,13,18H,5-6,9-11H2,(H,19,20)(H,21,22). The highest BCUT2D eigenvalue weighted by atomic mass is 16.5. The Labute approximate surface area is 134 Å². The van der Waals surface area contributed by atoms with Crippen molar-refractivity contribution in [2.75, 3.05) is 13.1 Å². The molecule has 23 heavy (non-hydrogen) atoms. The molecular weight excluding hydrogens is 292 g/mol. The lowest BCUT2D eigenvalue weighted by atomic mass is 9.86. The van der Waals surface area contributed by atoms with Gasteiger partial charge in [0, 0.05) is 37.3 Å². The SMILES string of the molecule is O=C(Cc1ncc[nH]1)NC1CC2(CCNC2)Oc2ccccc21. The Hall–Kier alpha value is -2.34. The van der Waals surface area contributed by atoms with Gasteiger partial charge in [0.25, 0.3) is 0 Å². The predicted octanol–water partition coefficient (Wildman–Crippen LogP) is 1.32. The molecule has 1 saturated heterocycles. The number of imidazole rings is 1. The Morgan fingerprint density at radius 3 is 3.13 bits per heavy atom. The van der Waals surface area contributed by atoms with Crippen LogP contribution < -0.4 is 15.4 Å². The third kappa shape index (κ3) is 2.82. The van der Waals surface area contributed by atoms with Gasteiger partial charge in [-0.3, -0.25) is 4.79 Å². The van der Waals surface area contributed by atoms with Crippen LogP contribution in [-0.4, -0.2) is 34.6 Å². The van der Waals surface area contributed by atoms with Crippen LogP contribution in [0, 0.1) is 0 Å². The van der Waals surface area contributed by atoms with Crippen molar-refractivity contribution in [3.63, 3.8) is 0 Å². The Bertz CT molecular complexity index is 692. The molecule has 2 aliphatic rings. The minimum Gasteiger partial charge on any atom is -0.485 e. The molecule has 1 fully saturated rings. The van der Waals surface area contributed by atoms with Crippen molar-refractivity contribution in [3.8, 4) is 5.75 Å². The fourth-order valence-corrected chi connectivity index (χ4v) is 3.52. The number of aromatic nitrogens is 2. The number of rotatable bonds is 3. The molecule has 2 aromatic rings. The highest BCUT2D eigenvalue weighted by Gasteiger charge is 2.43. The fourth-order valence-electron chi connectivity index (χ4n) is 3.52. The molecule has 0 bridgehead atoms. The van der Waals surface area contributed by atoms with E-state index in [9.17, 15) is 4.79 Å². The number of H-pyrrole nitrogens is 1. The van der Waals surface area contributed by atoms with Crippen LogP contribution in [-0.2, 0) is 11.2 Å². The van der Waals surface area contributed by atoms with Gasteiger partial charge in [0.05, 0.1) is 12.5 Å². The second-order valence-electron chi connectivity index (χ2n) is 6.29. The number of aromatic amines is 1. The number of ether oxygens (including phenoxy) is 1. The van der Waals surface area contributed by atoms with Crippen molar-refractivity contribution in [3.05, 3.63) is 48.0 Å². The number of carbonyl (C=O) groups excluding carboxylic acids is 1. The largest absolute Gasteiger partial charge is 0.485 e. The van der Waals surface area contributed by atoms with Crippen molar-refractivity contribution >= 4 is 5.91 Å². The number of para-hydroxylation sites is 1. The Kier molecular flexibility index (Phi) is 3.53. The van der Waals surface area contributed by atoms with E-state index in [0.29, 0.717) is 5.82 Å². The second kappa shape index (κ2) is 5.70. The van der Waals surface area contributed by atoms with Gasteiger partial charge in [0.2, 0.25) is 5.91 Å². The number of hydrogen-bond donors (Lipinski definition) is 3. The fraction of sp³-hybridized carbons (Fsp3) is 0.412. The van der Waals surface area contributed by atoms with Crippen LogP contribution in [0.5, 0.6) is 5.75 Å². The van der Waals surface area contributed by atoms with E-state index in [1.54, 1.807) is 12.4 Å². The first kappa shape index (κ1) is 14.3. The van der Waals surface area contributed by atoms with Crippen LogP contribution in [0.1, 0.15) is 30.3 Å². The number of amides is 1. The Balaban J connectivity index is 1.55. The van der Waals surface area contributed by atoms with E-state index < -0.39 is 0 Å². The summed E-state index contributed by atoms with van der Waals surface area (Å²) in [4.78, 5) is 19.4. The molecule has 1 amide bonds. The molecule has 6 heteroatoms. The van der Waals surface area contributed by atoms with Crippen LogP contribution in [0.4, 0.5) is 0 Å². The molecule has 3 heterocycles. The molecule has 120 valence electrons. The lowest BCUT2D eigenvalue weighted by Crippen LogP contribution is -2.47. The summed E-state index contributed by atoms with van der Waals surface area (Å²) in [7, 11) is 0. The molecule has 2 atom stereocenters. The minimum absolute atomic E-state index is 0.0252. The average Bonchev–Trinajstić information content (AvgIpc) is 3.20. The summed E-state index contributed by atoms with van der Waals surface area (Å²) in [6, 6.07) is 7.95. The molecule has 0 aliphatic carbocycles. The lowest BCUT2D eigenvalue weighted by Gasteiger charge is -2.39. The quantitative estimate of drug-likeness (QED) is 0.799. The zero-order chi connectivity index (χ0) is 15.7. The third-order valence-corrected chi connectivity index (χ3v) is 4.62. The van der Waals surface area contributed by atoms with Crippen LogP contribution in [0.3, 0.4) is 0 Å². The number of hydrogen-bond acceptors (Lipinski definition) is 4. The first-order valence-corrected chi connectivity index (χ1v) is 8.00. The average molecular weight is 312 g/mol. The number of carbonyl (C=O) groups is 1. The van der Waals surface area contributed by atoms with Gasteiger partial charge in [-0.2, -0.15) is 0 Å². The van der Waals surface area contributed by atoms with Crippen LogP contribution >= 0.6 is 0 Å². The first-order valence-electron chi connectivity index (χ1n) is 8.00. The Morgan fingerprint density at radius 2 is 2.35 bits per heavy atom. The second-order valence-corrected chi connectivity index (χ2v) is 6.29. The summed E-state index contributed by atoms with van der Waals surface area (Å²) >= 11 is 0. The summed E-state index contributed by atoms with van der Waals surface area (Å²) in [5.41, 5.74) is 0.842. The zero-order valence-electron chi connectivity index (χ0n) is 12.8. The molecular formula is C17H20N4O2. The maximum absolute atomic E-state index is 12.4. The van der Waals surface area contributed by atoms with Gasteiger partial charge in [0.15, 0.2) is 0 Å². The third-order valence-electron chi connectivity index (χ3n) is 4.62. The van der Waals surface area contributed by atoms with Gasteiger partial charge in [-0.15, -0.1) is 0 Å². The molecule has 2 unspecified atom stereocenters. The predicted molar refractivity (Wildman–Crippen MR) is 85.1 cm³/mol. The maximum Gasteiger partial charge on any atom is 0.228 e. The monoisotopic (exact) mass is 312 g/mol.